The standard InChI is InChI=1S/C25H28FN7O2S/c1-16(30-35-9-8-34)18-12-22(26)24-28-29-25(33(24)14-18)36-21-4-5-23-17(11-21)10-20(13-27-23)32-7-6-19(15-32)31(2)3/h4-5,10-14,19,34H,6-9,15H2,1-3H3. The number of hydrogen-bond acceptors (Lipinski definition) is 9. The molecule has 4 heterocycles. The van der Waals surface area contributed by atoms with Crippen LogP contribution in [0.25, 0.3) is 16.6 Å². The van der Waals surface area contributed by atoms with E-state index in [0.29, 0.717) is 22.5 Å². The highest BCUT2D eigenvalue weighted by Gasteiger charge is 2.24. The molecule has 36 heavy (non-hydrogen) atoms. The summed E-state index contributed by atoms with van der Waals surface area (Å²) >= 11 is 1.40. The Morgan fingerprint density at radius 1 is 1.28 bits per heavy atom. The van der Waals surface area contributed by atoms with E-state index in [1.165, 1.54) is 17.8 Å². The van der Waals surface area contributed by atoms with E-state index in [9.17, 15) is 4.39 Å². The van der Waals surface area contributed by atoms with Gasteiger partial charge in [-0.2, -0.15) is 0 Å². The molecule has 1 N–H and O–H groups in total. The van der Waals surface area contributed by atoms with E-state index in [4.69, 9.17) is 9.94 Å². The van der Waals surface area contributed by atoms with Gasteiger partial charge in [0.2, 0.25) is 5.16 Å². The van der Waals surface area contributed by atoms with Crippen LogP contribution in [-0.4, -0.2) is 81.7 Å². The van der Waals surface area contributed by atoms with Gasteiger partial charge in [0.15, 0.2) is 11.5 Å². The maximum absolute atomic E-state index is 14.7. The van der Waals surface area contributed by atoms with Crippen LogP contribution in [0.15, 0.2) is 57.9 Å². The molecule has 1 aliphatic rings. The monoisotopic (exact) mass is 509 g/mol. The predicted octanol–water partition coefficient (Wildman–Crippen LogP) is 3.44. The largest absolute Gasteiger partial charge is 0.393 e. The number of likely N-dealkylation sites (N-methyl/N-ethyl adjacent to an activating group) is 1. The van der Waals surface area contributed by atoms with Crippen LogP contribution >= 0.6 is 11.8 Å². The minimum Gasteiger partial charge on any atom is -0.393 e. The average Bonchev–Trinajstić information content (AvgIpc) is 3.52. The third-order valence-corrected chi connectivity index (χ3v) is 7.29. The maximum Gasteiger partial charge on any atom is 0.200 e. The molecule has 0 radical (unpaired) electrons. The number of aromatic nitrogens is 4. The minimum absolute atomic E-state index is 0.0718. The lowest BCUT2D eigenvalue weighted by Crippen LogP contribution is -2.31. The summed E-state index contributed by atoms with van der Waals surface area (Å²) < 4.78 is 16.4. The molecule has 11 heteroatoms. The smallest absolute Gasteiger partial charge is 0.200 e. The van der Waals surface area contributed by atoms with Crippen molar-refractivity contribution in [2.45, 2.75) is 29.4 Å². The molecule has 1 saturated heterocycles. The lowest BCUT2D eigenvalue weighted by molar-refractivity contribution is 0.0986. The number of fused-ring (bicyclic) bond motifs is 2. The van der Waals surface area contributed by atoms with Gasteiger partial charge in [0.05, 0.1) is 29.7 Å². The van der Waals surface area contributed by atoms with Crippen LogP contribution in [0.5, 0.6) is 0 Å². The van der Waals surface area contributed by atoms with Crippen molar-refractivity contribution in [3.63, 3.8) is 0 Å². The Morgan fingerprint density at radius 3 is 2.92 bits per heavy atom. The molecule has 1 aliphatic heterocycles. The Kier molecular flexibility index (Phi) is 7.04. The van der Waals surface area contributed by atoms with Gasteiger partial charge in [-0.3, -0.25) is 9.38 Å². The molecule has 1 aromatic carbocycles. The number of pyridine rings is 2. The molecule has 1 atom stereocenters. The summed E-state index contributed by atoms with van der Waals surface area (Å²) in [7, 11) is 4.25. The molecule has 0 aliphatic carbocycles. The molecule has 0 spiro atoms. The van der Waals surface area contributed by atoms with Crippen LogP contribution in [0, 0.1) is 5.82 Å². The number of rotatable bonds is 8. The van der Waals surface area contributed by atoms with Crippen LogP contribution in [-0.2, 0) is 4.84 Å². The Morgan fingerprint density at radius 2 is 2.14 bits per heavy atom. The molecule has 5 rings (SSSR count). The zero-order chi connectivity index (χ0) is 25.2. The second-order valence-corrected chi connectivity index (χ2v) is 10.0. The second-order valence-electron chi connectivity index (χ2n) is 8.99. The first-order valence-electron chi connectivity index (χ1n) is 11.7. The summed E-state index contributed by atoms with van der Waals surface area (Å²) in [6.07, 6.45) is 4.81. The van der Waals surface area contributed by atoms with Gasteiger partial charge in [-0.1, -0.05) is 5.16 Å². The van der Waals surface area contributed by atoms with E-state index < -0.39 is 5.82 Å². The fourth-order valence-electron chi connectivity index (χ4n) is 4.27. The zero-order valence-corrected chi connectivity index (χ0v) is 21.2. The van der Waals surface area contributed by atoms with Crippen molar-refractivity contribution in [2.75, 3.05) is 45.3 Å². The molecule has 9 nitrogen and oxygen atoms in total. The van der Waals surface area contributed by atoms with E-state index in [1.54, 1.807) is 17.5 Å². The molecule has 0 bridgehead atoms. The SMILES string of the molecule is CC(=NOCCO)c1cc(F)c2nnc(Sc3ccc4ncc(N5CCC(N(C)C)C5)cc4c3)n2c1. The summed E-state index contributed by atoms with van der Waals surface area (Å²) in [6.45, 7) is 3.64. The number of halogens is 1. The summed E-state index contributed by atoms with van der Waals surface area (Å²) in [6, 6.07) is 10.1. The van der Waals surface area contributed by atoms with E-state index in [-0.39, 0.29) is 18.9 Å². The Labute approximate surface area is 212 Å². The first-order valence-corrected chi connectivity index (χ1v) is 12.6. The number of oxime groups is 1. The summed E-state index contributed by atoms with van der Waals surface area (Å²) in [5.41, 5.74) is 3.19. The minimum atomic E-state index is -0.502. The molecule has 0 saturated carbocycles. The topological polar surface area (TPSA) is 91.4 Å². The van der Waals surface area contributed by atoms with Gasteiger partial charge >= 0.3 is 0 Å². The fourth-order valence-corrected chi connectivity index (χ4v) is 5.13. The Bertz CT molecular complexity index is 1420. The van der Waals surface area contributed by atoms with E-state index in [1.807, 2.05) is 18.3 Å². The summed E-state index contributed by atoms with van der Waals surface area (Å²) in [4.78, 5) is 15.3. The van der Waals surface area contributed by atoms with Crippen molar-refractivity contribution in [3.05, 3.63) is 54.1 Å². The molecular formula is C25H28FN7O2S. The van der Waals surface area contributed by atoms with Crippen LogP contribution in [0.2, 0.25) is 0 Å². The summed E-state index contributed by atoms with van der Waals surface area (Å²) in [5, 5.41) is 22.6. The molecule has 188 valence electrons. The van der Waals surface area contributed by atoms with Gasteiger partial charge in [-0.25, -0.2) is 4.39 Å². The van der Waals surface area contributed by atoms with Crippen molar-refractivity contribution in [1.82, 2.24) is 24.5 Å². The maximum atomic E-state index is 14.7. The van der Waals surface area contributed by atoms with Crippen LogP contribution in [0.1, 0.15) is 18.9 Å². The van der Waals surface area contributed by atoms with Gasteiger partial charge in [0.1, 0.15) is 6.61 Å². The zero-order valence-electron chi connectivity index (χ0n) is 20.4. The van der Waals surface area contributed by atoms with Crippen LogP contribution in [0.4, 0.5) is 10.1 Å². The fraction of sp³-hybridized carbons (Fsp3) is 0.360. The average molecular weight is 510 g/mol. The summed E-state index contributed by atoms with van der Waals surface area (Å²) in [5.74, 6) is -0.502. The highest BCUT2D eigenvalue weighted by Crippen LogP contribution is 2.31. The van der Waals surface area contributed by atoms with Crippen molar-refractivity contribution in [2.24, 2.45) is 5.16 Å². The predicted molar refractivity (Wildman–Crippen MR) is 138 cm³/mol. The quantitative estimate of drug-likeness (QED) is 0.219. The van der Waals surface area contributed by atoms with Crippen molar-refractivity contribution in [3.8, 4) is 0 Å². The third kappa shape index (κ3) is 4.99. The number of benzene rings is 1. The van der Waals surface area contributed by atoms with Gasteiger partial charge in [-0.15, -0.1) is 10.2 Å². The third-order valence-electron chi connectivity index (χ3n) is 6.34. The van der Waals surface area contributed by atoms with Gasteiger partial charge < -0.3 is 19.7 Å². The van der Waals surface area contributed by atoms with Crippen molar-refractivity contribution in [1.29, 1.82) is 0 Å². The van der Waals surface area contributed by atoms with Crippen molar-refractivity contribution < 1.29 is 14.3 Å². The van der Waals surface area contributed by atoms with Crippen molar-refractivity contribution >= 4 is 39.7 Å². The normalized spacial score (nSPS) is 16.6. The van der Waals surface area contributed by atoms with Gasteiger partial charge in [0.25, 0.3) is 0 Å². The number of hydrogen-bond donors (Lipinski definition) is 1. The number of aliphatic hydroxyl groups excluding tert-OH is 1. The first-order chi connectivity index (χ1) is 17.4. The Hall–Kier alpha value is -3.28. The lowest BCUT2D eigenvalue weighted by Gasteiger charge is -2.21. The van der Waals surface area contributed by atoms with Crippen LogP contribution < -0.4 is 4.90 Å². The molecular weight excluding hydrogens is 481 g/mol. The molecule has 4 aromatic rings. The highest BCUT2D eigenvalue weighted by atomic mass is 32.2. The number of nitrogens with zero attached hydrogens (tertiary/aromatic N) is 7. The number of aliphatic hydroxyl groups is 1. The van der Waals surface area contributed by atoms with Gasteiger partial charge in [-0.05, 0) is 69.5 Å². The van der Waals surface area contributed by atoms with Gasteiger partial charge in [0, 0.05) is 41.2 Å². The number of anilines is 1. The van der Waals surface area contributed by atoms with E-state index in [0.717, 1.165) is 41.0 Å². The molecule has 1 fully saturated rings. The first kappa shape index (κ1) is 24.4. The lowest BCUT2D eigenvalue weighted by atomic mass is 10.2. The highest BCUT2D eigenvalue weighted by molar-refractivity contribution is 7.99. The van der Waals surface area contributed by atoms with E-state index >= 15 is 0 Å². The van der Waals surface area contributed by atoms with E-state index in [2.05, 4.69) is 56.4 Å². The molecule has 1 unspecified atom stereocenters. The molecule has 3 aromatic heterocycles. The van der Waals surface area contributed by atoms with Crippen LogP contribution in [0.3, 0.4) is 0 Å². The Balaban J connectivity index is 1.42. The second kappa shape index (κ2) is 10.4. The molecule has 0 amide bonds.